The van der Waals surface area contributed by atoms with E-state index in [0.29, 0.717) is 13.1 Å². The fourth-order valence-corrected chi connectivity index (χ4v) is 3.04. The third kappa shape index (κ3) is 3.81. The van der Waals surface area contributed by atoms with Crippen molar-refractivity contribution in [3.63, 3.8) is 0 Å². The van der Waals surface area contributed by atoms with E-state index in [2.05, 4.69) is 9.82 Å². The summed E-state index contributed by atoms with van der Waals surface area (Å²) in [5.41, 5.74) is 6.34. The van der Waals surface area contributed by atoms with Crippen LogP contribution in [0.1, 0.15) is 5.56 Å². The highest BCUT2D eigenvalue weighted by atomic mass is 32.2. The molecule has 0 amide bonds. The van der Waals surface area contributed by atoms with E-state index in [4.69, 9.17) is 10.5 Å². The number of nitrogens with two attached hydrogens (primary N) is 1. The molecule has 2 aromatic rings. The molecule has 1 heterocycles. The molecular formula is C13H18N4O3S. The van der Waals surface area contributed by atoms with Crippen LogP contribution in [0.5, 0.6) is 5.75 Å². The summed E-state index contributed by atoms with van der Waals surface area (Å²) in [5.74, 6) is 0.282. The van der Waals surface area contributed by atoms with Gasteiger partial charge in [-0.1, -0.05) is 6.07 Å². The quantitative estimate of drug-likeness (QED) is 0.768. The highest BCUT2D eigenvalue weighted by Gasteiger charge is 2.19. The monoisotopic (exact) mass is 310 g/mol. The Morgan fingerprint density at radius 3 is 2.86 bits per heavy atom. The van der Waals surface area contributed by atoms with Crippen LogP contribution in [0.25, 0.3) is 0 Å². The molecule has 3 N–H and O–H groups in total. The smallest absolute Gasteiger partial charge is 0.244 e. The van der Waals surface area contributed by atoms with E-state index in [1.165, 1.54) is 13.2 Å². The predicted octanol–water partition coefficient (Wildman–Crippen LogP) is 0.329. The van der Waals surface area contributed by atoms with Crippen LogP contribution in [0, 0.1) is 0 Å². The lowest BCUT2D eigenvalue weighted by Crippen LogP contribution is -2.28. The lowest BCUT2D eigenvalue weighted by molar-refractivity contribution is 0.401. The molecule has 21 heavy (non-hydrogen) atoms. The molecule has 1 aromatic heterocycles. The Hall–Kier alpha value is -1.90. The van der Waals surface area contributed by atoms with Crippen molar-refractivity contribution in [3.8, 4) is 5.75 Å². The lowest BCUT2D eigenvalue weighted by atomic mass is 10.2. The fourth-order valence-electron chi connectivity index (χ4n) is 1.87. The number of sulfonamides is 1. The summed E-state index contributed by atoms with van der Waals surface area (Å²) in [4.78, 5) is 0.0997. The Morgan fingerprint density at radius 2 is 2.24 bits per heavy atom. The van der Waals surface area contributed by atoms with Gasteiger partial charge in [-0.3, -0.25) is 4.68 Å². The van der Waals surface area contributed by atoms with Crippen LogP contribution >= 0.6 is 0 Å². The number of aromatic nitrogens is 2. The zero-order valence-corrected chi connectivity index (χ0v) is 12.5. The standard InChI is InChI=1S/C13H18N4O3S/c1-20-12-9-11(10-14)3-4-13(12)21(18,19)16-6-8-17-7-2-5-15-17/h2-5,7,9,16H,6,8,10,14H2,1H3. The molecule has 0 saturated carbocycles. The molecule has 0 spiro atoms. The number of methoxy groups -OCH3 is 1. The zero-order valence-electron chi connectivity index (χ0n) is 11.7. The number of benzene rings is 1. The van der Waals surface area contributed by atoms with E-state index >= 15 is 0 Å². The van der Waals surface area contributed by atoms with Crippen LogP contribution < -0.4 is 15.2 Å². The van der Waals surface area contributed by atoms with Crippen LogP contribution in [-0.2, 0) is 23.1 Å². The number of ether oxygens (including phenoxy) is 1. The molecule has 0 radical (unpaired) electrons. The van der Waals surface area contributed by atoms with Gasteiger partial charge in [0.05, 0.1) is 13.7 Å². The second-order valence-corrected chi connectivity index (χ2v) is 6.09. The third-order valence-corrected chi connectivity index (χ3v) is 4.45. The normalized spacial score (nSPS) is 11.5. The molecule has 1 aromatic carbocycles. The summed E-state index contributed by atoms with van der Waals surface area (Å²) >= 11 is 0. The first kappa shape index (κ1) is 15.5. The molecule has 114 valence electrons. The van der Waals surface area contributed by atoms with Gasteiger partial charge in [0.15, 0.2) is 0 Å². The van der Waals surface area contributed by atoms with Gasteiger partial charge in [-0.15, -0.1) is 0 Å². The number of hydrogen-bond donors (Lipinski definition) is 2. The molecule has 0 bridgehead atoms. The Labute approximate surface area is 123 Å². The van der Waals surface area contributed by atoms with Crippen LogP contribution in [0.4, 0.5) is 0 Å². The third-order valence-electron chi connectivity index (χ3n) is 2.95. The van der Waals surface area contributed by atoms with Crippen LogP contribution in [0.15, 0.2) is 41.6 Å². The van der Waals surface area contributed by atoms with E-state index in [9.17, 15) is 8.42 Å². The van der Waals surface area contributed by atoms with E-state index in [1.54, 1.807) is 35.3 Å². The van der Waals surface area contributed by atoms with Crippen molar-refractivity contribution in [1.29, 1.82) is 0 Å². The molecule has 0 aliphatic carbocycles. The fraction of sp³-hybridized carbons (Fsp3) is 0.308. The van der Waals surface area contributed by atoms with E-state index < -0.39 is 10.0 Å². The Balaban J connectivity index is 2.11. The van der Waals surface area contributed by atoms with Gasteiger partial charge in [0.25, 0.3) is 0 Å². The average Bonchev–Trinajstić information content (AvgIpc) is 2.99. The first-order valence-corrected chi connectivity index (χ1v) is 7.89. The number of hydrogen-bond acceptors (Lipinski definition) is 5. The van der Waals surface area contributed by atoms with Crippen LogP contribution in [0.3, 0.4) is 0 Å². The van der Waals surface area contributed by atoms with Gasteiger partial charge in [0.1, 0.15) is 10.6 Å². The zero-order chi connectivity index (χ0) is 15.3. The first-order chi connectivity index (χ1) is 10.1. The Bertz CT molecular complexity index is 683. The van der Waals surface area contributed by atoms with Crippen molar-refractivity contribution in [2.45, 2.75) is 18.0 Å². The molecule has 0 fully saturated rings. The minimum Gasteiger partial charge on any atom is -0.495 e. The summed E-state index contributed by atoms with van der Waals surface area (Å²) in [6, 6.07) is 6.58. The molecule has 0 aliphatic heterocycles. The topological polar surface area (TPSA) is 99.2 Å². The van der Waals surface area contributed by atoms with Crippen molar-refractivity contribution in [3.05, 3.63) is 42.2 Å². The molecular weight excluding hydrogens is 292 g/mol. The molecule has 7 nitrogen and oxygen atoms in total. The van der Waals surface area contributed by atoms with Gasteiger partial charge in [-0.25, -0.2) is 13.1 Å². The molecule has 0 unspecified atom stereocenters. The predicted molar refractivity (Wildman–Crippen MR) is 78.3 cm³/mol. The lowest BCUT2D eigenvalue weighted by Gasteiger charge is -2.12. The minimum atomic E-state index is -3.64. The average molecular weight is 310 g/mol. The summed E-state index contributed by atoms with van der Waals surface area (Å²) in [5, 5.41) is 4.01. The van der Waals surface area contributed by atoms with Gasteiger partial charge in [0.2, 0.25) is 10.0 Å². The highest BCUT2D eigenvalue weighted by Crippen LogP contribution is 2.24. The van der Waals surface area contributed by atoms with Crippen molar-refractivity contribution in [1.82, 2.24) is 14.5 Å². The molecule has 2 rings (SSSR count). The first-order valence-electron chi connectivity index (χ1n) is 6.41. The summed E-state index contributed by atoms with van der Waals surface area (Å²) < 4.78 is 33.9. The molecule has 0 atom stereocenters. The highest BCUT2D eigenvalue weighted by molar-refractivity contribution is 7.89. The molecule has 0 saturated heterocycles. The second-order valence-electron chi connectivity index (χ2n) is 4.36. The maximum atomic E-state index is 12.3. The molecule has 0 aliphatic rings. The van der Waals surface area contributed by atoms with E-state index in [0.717, 1.165) is 5.56 Å². The van der Waals surface area contributed by atoms with Crippen LogP contribution in [0.2, 0.25) is 0 Å². The molecule has 8 heteroatoms. The number of nitrogens with zero attached hydrogens (tertiary/aromatic N) is 2. The van der Waals surface area contributed by atoms with Crippen molar-refractivity contribution < 1.29 is 13.2 Å². The van der Waals surface area contributed by atoms with Gasteiger partial charge in [-0.2, -0.15) is 5.10 Å². The summed E-state index contributed by atoms with van der Waals surface area (Å²) in [7, 11) is -2.21. The van der Waals surface area contributed by atoms with Crippen LogP contribution in [-0.4, -0.2) is 31.9 Å². The Morgan fingerprint density at radius 1 is 1.43 bits per heavy atom. The summed E-state index contributed by atoms with van der Waals surface area (Å²) in [6.45, 7) is 1.02. The van der Waals surface area contributed by atoms with Gasteiger partial charge in [0, 0.05) is 25.5 Å². The van der Waals surface area contributed by atoms with Gasteiger partial charge >= 0.3 is 0 Å². The maximum Gasteiger partial charge on any atom is 0.244 e. The van der Waals surface area contributed by atoms with Crippen molar-refractivity contribution >= 4 is 10.0 Å². The van der Waals surface area contributed by atoms with Gasteiger partial charge in [-0.05, 0) is 23.8 Å². The van der Waals surface area contributed by atoms with Crippen molar-refractivity contribution in [2.75, 3.05) is 13.7 Å². The SMILES string of the molecule is COc1cc(CN)ccc1S(=O)(=O)NCCn1cccn1. The van der Waals surface area contributed by atoms with Gasteiger partial charge < -0.3 is 10.5 Å². The number of nitrogens with one attached hydrogen (secondary N) is 1. The van der Waals surface area contributed by atoms with E-state index in [1.807, 2.05) is 0 Å². The largest absolute Gasteiger partial charge is 0.495 e. The minimum absolute atomic E-state index is 0.0997. The maximum absolute atomic E-state index is 12.3. The van der Waals surface area contributed by atoms with E-state index in [-0.39, 0.29) is 17.2 Å². The number of rotatable bonds is 7. The second kappa shape index (κ2) is 6.70. The summed E-state index contributed by atoms with van der Waals surface area (Å²) in [6.07, 6.45) is 3.41. The van der Waals surface area contributed by atoms with Crippen molar-refractivity contribution in [2.24, 2.45) is 5.73 Å². The Kier molecular flexibility index (Phi) is 4.94.